The average molecular weight is 185 g/mol. The van der Waals surface area contributed by atoms with Gasteiger partial charge in [-0.1, -0.05) is 11.6 Å². The standard InChI is InChI=1S/C7H9ClN4/c1-5(9-2)10-7-4-3-6(8)11-12-7/h3-4H,1-2H3,(H,9,10,12). The van der Waals surface area contributed by atoms with Gasteiger partial charge in [-0.2, -0.15) is 0 Å². The largest absolute Gasteiger partial charge is 0.328 e. The first kappa shape index (κ1) is 8.93. The Morgan fingerprint density at radius 1 is 1.50 bits per heavy atom. The lowest BCUT2D eigenvalue weighted by molar-refractivity contribution is 1.04. The highest BCUT2D eigenvalue weighted by molar-refractivity contribution is 6.29. The predicted molar refractivity (Wildman–Crippen MR) is 49.7 cm³/mol. The van der Waals surface area contributed by atoms with Gasteiger partial charge in [-0.3, -0.25) is 4.99 Å². The van der Waals surface area contributed by atoms with Crippen molar-refractivity contribution in [3.8, 4) is 0 Å². The Morgan fingerprint density at radius 2 is 2.25 bits per heavy atom. The quantitative estimate of drug-likeness (QED) is 0.533. The van der Waals surface area contributed by atoms with E-state index < -0.39 is 0 Å². The lowest BCUT2D eigenvalue weighted by Crippen LogP contribution is -2.08. The molecule has 0 radical (unpaired) electrons. The summed E-state index contributed by atoms with van der Waals surface area (Å²) in [6.45, 7) is 1.84. The molecule has 12 heavy (non-hydrogen) atoms. The molecule has 1 aromatic rings. The van der Waals surface area contributed by atoms with Crippen LogP contribution in [0.3, 0.4) is 0 Å². The molecule has 64 valence electrons. The van der Waals surface area contributed by atoms with Gasteiger partial charge in [0.25, 0.3) is 0 Å². The monoisotopic (exact) mass is 184 g/mol. The van der Waals surface area contributed by atoms with E-state index in [1.54, 1.807) is 19.2 Å². The molecule has 1 heterocycles. The van der Waals surface area contributed by atoms with Crippen LogP contribution in [0.1, 0.15) is 6.92 Å². The molecule has 1 rings (SSSR count). The molecule has 5 heteroatoms. The van der Waals surface area contributed by atoms with Crippen LogP contribution in [-0.4, -0.2) is 23.1 Å². The molecule has 0 aromatic carbocycles. The molecule has 0 amide bonds. The van der Waals surface area contributed by atoms with Gasteiger partial charge in [0.05, 0.1) is 5.84 Å². The van der Waals surface area contributed by atoms with E-state index in [9.17, 15) is 0 Å². The summed E-state index contributed by atoms with van der Waals surface area (Å²) in [6.07, 6.45) is 0. The van der Waals surface area contributed by atoms with Crippen LogP contribution in [0.5, 0.6) is 0 Å². The van der Waals surface area contributed by atoms with Crippen molar-refractivity contribution in [2.75, 3.05) is 12.4 Å². The molecule has 1 N–H and O–H groups in total. The summed E-state index contributed by atoms with van der Waals surface area (Å²) in [6, 6.07) is 3.41. The molecule has 0 aliphatic carbocycles. The fourth-order valence-electron chi connectivity index (χ4n) is 0.624. The van der Waals surface area contributed by atoms with Gasteiger partial charge < -0.3 is 5.32 Å². The van der Waals surface area contributed by atoms with Crippen molar-refractivity contribution >= 4 is 23.3 Å². The highest BCUT2D eigenvalue weighted by Gasteiger charge is 1.94. The van der Waals surface area contributed by atoms with Crippen molar-refractivity contribution < 1.29 is 0 Å². The number of halogens is 1. The second kappa shape index (κ2) is 4.01. The van der Waals surface area contributed by atoms with Gasteiger partial charge in [0.15, 0.2) is 11.0 Å². The Balaban J connectivity index is 2.71. The number of anilines is 1. The molecule has 0 bridgehead atoms. The smallest absolute Gasteiger partial charge is 0.154 e. The van der Waals surface area contributed by atoms with E-state index in [-0.39, 0.29) is 0 Å². The van der Waals surface area contributed by atoms with Crippen LogP contribution in [0.2, 0.25) is 5.15 Å². The Labute approximate surface area is 75.7 Å². The SMILES string of the molecule is CN=C(C)Nc1ccc(Cl)nn1. The minimum absolute atomic E-state index is 0.381. The van der Waals surface area contributed by atoms with E-state index in [1.165, 1.54) is 0 Å². The maximum absolute atomic E-state index is 5.55. The summed E-state index contributed by atoms with van der Waals surface area (Å²) >= 11 is 5.55. The zero-order valence-corrected chi connectivity index (χ0v) is 7.63. The van der Waals surface area contributed by atoms with Gasteiger partial charge in [0.1, 0.15) is 0 Å². The van der Waals surface area contributed by atoms with Gasteiger partial charge in [0, 0.05) is 7.05 Å². The number of aliphatic imine (C=N–C) groups is 1. The van der Waals surface area contributed by atoms with Crippen LogP contribution in [0.4, 0.5) is 5.82 Å². The first-order chi connectivity index (χ1) is 5.72. The molecule has 0 saturated heterocycles. The molecular formula is C7H9ClN4. The molecule has 0 aliphatic heterocycles. The van der Waals surface area contributed by atoms with Gasteiger partial charge in [-0.05, 0) is 19.1 Å². The zero-order chi connectivity index (χ0) is 8.97. The van der Waals surface area contributed by atoms with Gasteiger partial charge in [0.2, 0.25) is 0 Å². The van der Waals surface area contributed by atoms with Crippen molar-refractivity contribution in [1.29, 1.82) is 0 Å². The number of hydrogen-bond donors (Lipinski definition) is 1. The molecule has 0 unspecified atom stereocenters. The first-order valence-electron chi connectivity index (χ1n) is 3.42. The number of rotatable bonds is 1. The normalized spacial score (nSPS) is 11.4. The van der Waals surface area contributed by atoms with E-state index in [1.807, 2.05) is 6.92 Å². The topological polar surface area (TPSA) is 50.2 Å². The van der Waals surface area contributed by atoms with Gasteiger partial charge in [-0.15, -0.1) is 10.2 Å². The van der Waals surface area contributed by atoms with Crippen molar-refractivity contribution in [3.05, 3.63) is 17.3 Å². The second-order valence-electron chi connectivity index (χ2n) is 2.18. The van der Waals surface area contributed by atoms with Gasteiger partial charge >= 0.3 is 0 Å². The van der Waals surface area contributed by atoms with Crippen LogP contribution < -0.4 is 5.32 Å². The second-order valence-corrected chi connectivity index (χ2v) is 2.56. The summed E-state index contributed by atoms with van der Waals surface area (Å²) < 4.78 is 0. The lowest BCUT2D eigenvalue weighted by atomic mass is 10.5. The van der Waals surface area contributed by atoms with Crippen molar-refractivity contribution in [1.82, 2.24) is 10.2 Å². The minimum Gasteiger partial charge on any atom is -0.328 e. The third-order valence-corrected chi connectivity index (χ3v) is 1.48. The van der Waals surface area contributed by atoms with Crippen molar-refractivity contribution in [2.45, 2.75) is 6.92 Å². The fourth-order valence-corrected chi connectivity index (χ4v) is 0.725. The Morgan fingerprint density at radius 3 is 2.75 bits per heavy atom. The van der Waals surface area contributed by atoms with E-state index in [4.69, 9.17) is 11.6 Å². The number of aromatic nitrogens is 2. The third-order valence-electron chi connectivity index (χ3n) is 1.28. The molecule has 0 atom stereocenters. The number of amidine groups is 1. The summed E-state index contributed by atoms with van der Waals surface area (Å²) in [5, 5.41) is 10.8. The Bertz CT molecular complexity index is 280. The third kappa shape index (κ3) is 2.47. The fraction of sp³-hybridized carbons (Fsp3) is 0.286. The molecular weight excluding hydrogens is 176 g/mol. The number of nitrogens with one attached hydrogen (secondary N) is 1. The highest BCUT2D eigenvalue weighted by Crippen LogP contribution is 2.05. The molecule has 4 nitrogen and oxygen atoms in total. The minimum atomic E-state index is 0.381. The zero-order valence-electron chi connectivity index (χ0n) is 6.87. The maximum atomic E-state index is 5.55. The van der Waals surface area contributed by atoms with Crippen molar-refractivity contribution in [3.63, 3.8) is 0 Å². The van der Waals surface area contributed by atoms with Crippen LogP contribution in [0, 0.1) is 0 Å². The van der Waals surface area contributed by atoms with E-state index in [0.717, 1.165) is 5.84 Å². The molecule has 0 saturated carbocycles. The predicted octanol–water partition coefficient (Wildman–Crippen LogP) is 1.59. The number of nitrogens with zero attached hydrogens (tertiary/aromatic N) is 3. The summed E-state index contributed by atoms with van der Waals surface area (Å²) in [4.78, 5) is 3.91. The van der Waals surface area contributed by atoms with E-state index in [0.29, 0.717) is 11.0 Å². The van der Waals surface area contributed by atoms with Crippen molar-refractivity contribution in [2.24, 2.45) is 4.99 Å². The van der Waals surface area contributed by atoms with Crippen LogP contribution >= 0.6 is 11.6 Å². The summed E-state index contributed by atoms with van der Waals surface area (Å²) in [5.41, 5.74) is 0. The van der Waals surface area contributed by atoms with E-state index >= 15 is 0 Å². The Hall–Kier alpha value is -1.16. The highest BCUT2D eigenvalue weighted by atomic mass is 35.5. The Kier molecular flexibility index (Phi) is 2.99. The molecule has 0 spiro atoms. The van der Waals surface area contributed by atoms with Gasteiger partial charge in [-0.25, -0.2) is 0 Å². The van der Waals surface area contributed by atoms with Crippen LogP contribution in [0.25, 0.3) is 0 Å². The van der Waals surface area contributed by atoms with Crippen LogP contribution in [-0.2, 0) is 0 Å². The summed E-state index contributed by atoms with van der Waals surface area (Å²) in [5.74, 6) is 1.43. The molecule has 1 aromatic heterocycles. The lowest BCUT2D eigenvalue weighted by Gasteiger charge is -2.01. The van der Waals surface area contributed by atoms with E-state index in [2.05, 4.69) is 20.5 Å². The number of hydrogen-bond acceptors (Lipinski definition) is 3. The van der Waals surface area contributed by atoms with Crippen LogP contribution in [0.15, 0.2) is 17.1 Å². The molecule has 0 fully saturated rings. The molecule has 0 aliphatic rings. The average Bonchev–Trinajstić information content (AvgIpc) is 2.09. The summed E-state index contributed by atoms with van der Waals surface area (Å²) in [7, 11) is 1.70. The maximum Gasteiger partial charge on any atom is 0.154 e. The first-order valence-corrected chi connectivity index (χ1v) is 3.80.